The van der Waals surface area contributed by atoms with Crippen LogP contribution in [0.5, 0.6) is 0 Å². The monoisotopic (exact) mass is 373 g/mol. The molecule has 0 saturated carbocycles. The van der Waals surface area contributed by atoms with Gasteiger partial charge in [0, 0.05) is 28.4 Å². The molecule has 4 rings (SSSR count). The summed E-state index contributed by atoms with van der Waals surface area (Å²) in [5, 5.41) is 1.32. The van der Waals surface area contributed by atoms with Crippen molar-refractivity contribution in [3.63, 3.8) is 0 Å². The zero-order valence-electron chi connectivity index (χ0n) is 13.4. The van der Waals surface area contributed by atoms with Crippen LogP contribution >= 0.6 is 22.9 Å². The van der Waals surface area contributed by atoms with Crippen LogP contribution < -0.4 is 11.3 Å². The molecule has 0 aliphatic heterocycles. The summed E-state index contributed by atoms with van der Waals surface area (Å²) in [6.07, 6.45) is 3.10. The molecule has 0 bridgehead atoms. The first-order valence-electron chi connectivity index (χ1n) is 8.14. The molecule has 1 amide bonds. The molecule has 5 nitrogen and oxygen atoms in total. The Hall–Kier alpha value is -2.18. The number of hydrogen-bond donors (Lipinski definition) is 1. The van der Waals surface area contributed by atoms with Crippen molar-refractivity contribution in [2.24, 2.45) is 5.73 Å². The Labute approximate surface area is 153 Å². The van der Waals surface area contributed by atoms with Gasteiger partial charge in [-0.3, -0.25) is 14.2 Å². The van der Waals surface area contributed by atoms with Gasteiger partial charge in [0.2, 0.25) is 5.91 Å². The number of fused-ring (bicyclic) bond motifs is 3. The van der Waals surface area contributed by atoms with Gasteiger partial charge in [-0.2, -0.15) is 0 Å². The predicted molar refractivity (Wildman–Crippen MR) is 100 cm³/mol. The zero-order valence-corrected chi connectivity index (χ0v) is 15.0. The fourth-order valence-electron chi connectivity index (χ4n) is 3.33. The van der Waals surface area contributed by atoms with Crippen LogP contribution in [0.3, 0.4) is 0 Å². The van der Waals surface area contributed by atoms with Crippen molar-refractivity contribution in [1.29, 1.82) is 0 Å². The van der Waals surface area contributed by atoms with E-state index in [9.17, 15) is 9.59 Å². The Kier molecular flexibility index (Phi) is 4.09. The lowest BCUT2D eigenvalue weighted by Gasteiger charge is -2.12. The zero-order chi connectivity index (χ0) is 17.6. The average molecular weight is 374 g/mol. The maximum atomic E-state index is 13.2. The molecule has 1 aromatic carbocycles. The molecule has 0 unspecified atom stereocenters. The summed E-state index contributed by atoms with van der Waals surface area (Å²) in [7, 11) is 0. The summed E-state index contributed by atoms with van der Waals surface area (Å²) >= 11 is 7.57. The van der Waals surface area contributed by atoms with E-state index in [1.165, 1.54) is 4.88 Å². The van der Waals surface area contributed by atoms with Crippen molar-refractivity contribution >= 4 is 39.1 Å². The summed E-state index contributed by atoms with van der Waals surface area (Å²) < 4.78 is 1.57. The van der Waals surface area contributed by atoms with E-state index in [1.54, 1.807) is 28.0 Å². The minimum atomic E-state index is -0.440. The fraction of sp³-hybridized carbons (Fsp3) is 0.278. The molecular weight excluding hydrogens is 358 g/mol. The lowest BCUT2D eigenvalue weighted by atomic mass is 10.1. The highest BCUT2D eigenvalue weighted by atomic mass is 35.5. The maximum absolute atomic E-state index is 13.2. The number of halogens is 1. The lowest BCUT2D eigenvalue weighted by Crippen LogP contribution is -2.26. The number of carbonyl (C=O) groups is 1. The van der Waals surface area contributed by atoms with Gasteiger partial charge >= 0.3 is 0 Å². The highest BCUT2D eigenvalue weighted by Crippen LogP contribution is 2.35. The molecule has 2 N–H and O–H groups in total. The van der Waals surface area contributed by atoms with E-state index in [2.05, 4.69) is 0 Å². The molecule has 1 aliphatic carbocycles. The molecule has 0 fully saturated rings. The number of aromatic nitrogens is 2. The third kappa shape index (κ3) is 2.85. The molecule has 25 heavy (non-hydrogen) atoms. The second-order valence-electron chi connectivity index (χ2n) is 6.15. The van der Waals surface area contributed by atoms with E-state index in [0.29, 0.717) is 16.2 Å². The van der Waals surface area contributed by atoms with Crippen molar-refractivity contribution < 1.29 is 4.79 Å². The van der Waals surface area contributed by atoms with Crippen molar-refractivity contribution in [2.75, 3.05) is 0 Å². The number of carbonyl (C=O) groups excluding carboxylic acids is 1. The van der Waals surface area contributed by atoms with Gasteiger partial charge in [0.05, 0.1) is 5.39 Å². The van der Waals surface area contributed by atoms with Crippen LogP contribution in [0.25, 0.3) is 21.6 Å². The van der Waals surface area contributed by atoms with Gasteiger partial charge in [0.15, 0.2) is 0 Å². The third-order valence-corrected chi connectivity index (χ3v) is 5.95. The second-order valence-corrected chi connectivity index (χ2v) is 7.67. The van der Waals surface area contributed by atoms with E-state index in [1.807, 2.05) is 12.1 Å². The van der Waals surface area contributed by atoms with Crippen LogP contribution in [0.4, 0.5) is 0 Å². The molecule has 7 heteroatoms. The van der Waals surface area contributed by atoms with Crippen LogP contribution in [0.15, 0.2) is 29.1 Å². The SMILES string of the molecule is NC(=O)CCn1c(-c2ccc(Cl)cc2)nc2sc3c(c2c1=O)CCC3. The van der Waals surface area contributed by atoms with E-state index in [4.69, 9.17) is 22.3 Å². The molecule has 1 aliphatic rings. The Bertz CT molecular complexity index is 1040. The summed E-state index contributed by atoms with van der Waals surface area (Å²) in [6, 6.07) is 7.19. The minimum Gasteiger partial charge on any atom is -0.370 e. The number of rotatable bonds is 4. The predicted octanol–water partition coefficient (Wildman–Crippen LogP) is 3.14. The first-order valence-corrected chi connectivity index (χ1v) is 9.33. The van der Waals surface area contributed by atoms with Crippen molar-refractivity contribution in [3.05, 3.63) is 50.1 Å². The van der Waals surface area contributed by atoms with Crippen LogP contribution in [-0.2, 0) is 24.2 Å². The standard InChI is InChI=1S/C18H16ClN3O2S/c19-11-6-4-10(5-7-11)16-21-17-15(12-2-1-3-13(12)25-17)18(24)22(16)9-8-14(20)23/h4-7H,1-3,8-9H2,(H2,20,23). The van der Waals surface area contributed by atoms with Crippen LogP contribution in [-0.4, -0.2) is 15.5 Å². The Morgan fingerprint density at radius 3 is 2.76 bits per heavy atom. The van der Waals surface area contributed by atoms with Crippen molar-refractivity contribution in [2.45, 2.75) is 32.2 Å². The number of nitrogens with two attached hydrogens (primary N) is 1. The first kappa shape index (κ1) is 16.3. The summed E-state index contributed by atoms with van der Waals surface area (Å²) in [5.74, 6) is 0.111. The van der Waals surface area contributed by atoms with E-state index in [0.717, 1.165) is 35.2 Å². The highest BCUT2D eigenvalue weighted by molar-refractivity contribution is 7.18. The second kappa shape index (κ2) is 6.28. The normalized spacial score (nSPS) is 13.3. The molecule has 0 spiro atoms. The first-order chi connectivity index (χ1) is 12.0. The molecule has 2 heterocycles. The fourth-order valence-corrected chi connectivity index (χ4v) is 4.70. The maximum Gasteiger partial charge on any atom is 0.262 e. The van der Waals surface area contributed by atoms with Gasteiger partial charge in [-0.15, -0.1) is 11.3 Å². The largest absolute Gasteiger partial charge is 0.370 e. The van der Waals surface area contributed by atoms with E-state index in [-0.39, 0.29) is 18.5 Å². The molecule has 128 valence electrons. The highest BCUT2D eigenvalue weighted by Gasteiger charge is 2.23. The Morgan fingerprint density at radius 1 is 1.28 bits per heavy atom. The van der Waals surface area contributed by atoms with Crippen LogP contribution in [0, 0.1) is 0 Å². The summed E-state index contributed by atoms with van der Waals surface area (Å²) in [5.41, 5.74) is 7.13. The quantitative estimate of drug-likeness (QED) is 0.763. The Morgan fingerprint density at radius 2 is 2.04 bits per heavy atom. The number of amides is 1. The molecular formula is C18H16ClN3O2S. The molecule has 3 aromatic rings. The van der Waals surface area contributed by atoms with E-state index < -0.39 is 5.91 Å². The lowest BCUT2D eigenvalue weighted by molar-refractivity contribution is -0.118. The summed E-state index contributed by atoms with van der Waals surface area (Å²) in [4.78, 5) is 31.2. The van der Waals surface area contributed by atoms with E-state index >= 15 is 0 Å². The third-order valence-electron chi connectivity index (χ3n) is 4.51. The molecule has 0 radical (unpaired) electrons. The molecule has 2 aromatic heterocycles. The van der Waals surface area contributed by atoms with Gasteiger partial charge in [0.1, 0.15) is 10.7 Å². The van der Waals surface area contributed by atoms with Gasteiger partial charge in [0.25, 0.3) is 5.56 Å². The number of aryl methyl sites for hydroxylation is 2. The number of benzene rings is 1. The van der Waals surface area contributed by atoms with Crippen LogP contribution in [0.1, 0.15) is 23.3 Å². The van der Waals surface area contributed by atoms with Crippen molar-refractivity contribution in [1.82, 2.24) is 9.55 Å². The smallest absolute Gasteiger partial charge is 0.262 e. The number of nitrogens with zero attached hydrogens (tertiary/aromatic N) is 2. The molecule has 0 saturated heterocycles. The average Bonchev–Trinajstić information content (AvgIpc) is 3.14. The van der Waals surface area contributed by atoms with Gasteiger partial charge in [-0.25, -0.2) is 4.98 Å². The minimum absolute atomic E-state index is 0.0874. The topological polar surface area (TPSA) is 78.0 Å². The van der Waals surface area contributed by atoms with Gasteiger partial charge in [-0.05, 0) is 49.1 Å². The number of primary amides is 1. The van der Waals surface area contributed by atoms with Gasteiger partial charge < -0.3 is 5.73 Å². The van der Waals surface area contributed by atoms with Crippen molar-refractivity contribution in [3.8, 4) is 11.4 Å². The van der Waals surface area contributed by atoms with Crippen LogP contribution in [0.2, 0.25) is 5.02 Å². The number of thiophene rings is 1. The van der Waals surface area contributed by atoms with Gasteiger partial charge in [-0.1, -0.05) is 11.6 Å². The Balaban J connectivity index is 1.96. The molecule has 0 atom stereocenters. The summed E-state index contributed by atoms with van der Waals surface area (Å²) in [6.45, 7) is 0.222. The number of hydrogen-bond acceptors (Lipinski definition) is 4.